The van der Waals surface area contributed by atoms with Crippen molar-refractivity contribution in [2.24, 2.45) is 0 Å². The fourth-order valence-corrected chi connectivity index (χ4v) is 4.68. The van der Waals surface area contributed by atoms with Crippen LogP contribution in [0.3, 0.4) is 0 Å². The second kappa shape index (κ2) is 11.0. The lowest BCUT2D eigenvalue weighted by Gasteiger charge is -2.22. The van der Waals surface area contributed by atoms with Crippen molar-refractivity contribution in [3.63, 3.8) is 0 Å². The van der Waals surface area contributed by atoms with Crippen LogP contribution >= 0.6 is 0 Å². The van der Waals surface area contributed by atoms with Crippen LogP contribution in [0.1, 0.15) is 69.4 Å². The summed E-state index contributed by atoms with van der Waals surface area (Å²) >= 11 is 0. The van der Waals surface area contributed by atoms with E-state index in [4.69, 9.17) is 4.74 Å². The van der Waals surface area contributed by atoms with Crippen LogP contribution < -0.4 is 10.0 Å². The van der Waals surface area contributed by atoms with Crippen molar-refractivity contribution in [3.8, 4) is 11.8 Å². The van der Waals surface area contributed by atoms with Crippen LogP contribution in [0.25, 0.3) is 10.9 Å². The van der Waals surface area contributed by atoms with Crippen molar-refractivity contribution < 1.29 is 22.7 Å². The van der Waals surface area contributed by atoms with Gasteiger partial charge in [0.1, 0.15) is 5.60 Å². The zero-order valence-corrected chi connectivity index (χ0v) is 23.7. The monoisotopic (exact) mass is 537 g/mol. The SMILES string of the molecule is Cc1ccc(S(=O)(=O)NCCC#Cc2ccc3c(ccn3C(=O)OC(C)(C)C)c2C(=O)NC(C)(C)C)cc1. The average Bonchev–Trinajstić information content (AvgIpc) is 3.20. The van der Waals surface area contributed by atoms with Crippen molar-refractivity contribution in [2.75, 3.05) is 6.54 Å². The molecule has 0 saturated heterocycles. The predicted molar refractivity (Wildman–Crippen MR) is 149 cm³/mol. The Morgan fingerprint density at radius 2 is 1.63 bits per heavy atom. The van der Waals surface area contributed by atoms with Crippen LogP contribution in [-0.4, -0.2) is 42.7 Å². The van der Waals surface area contributed by atoms with Crippen LogP contribution in [-0.2, 0) is 14.8 Å². The zero-order valence-electron chi connectivity index (χ0n) is 22.9. The number of hydrogen-bond donors (Lipinski definition) is 2. The number of aromatic nitrogens is 1. The lowest BCUT2D eigenvalue weighted by molar-refractivity contribution is 0.0544. The Kier molecular flexibility index (Phi) is 8.39. The highest BCUT2D eigenvalue weighted by Gasteiger charge is 2.24. The third kappa shape index (κ3) is 7.46. The maximum atomic E-state index is 13.3. The van der Waals surface area contributed by atoms with Gasteiger partial charge in [0.15, 0.2) is 0 Å². The largest absolute Gasteiger partial charge is 0.443 e. The summed E-state index contributed by atoms with van der Waals surface area (Å²) in [4.78, 5) is 26.2. The zero-order chi connectivity index (χ0) is 28.3. The van der Waals surface area contributed by atoms with E-state index in [0.717, 1.165) is 5.56 Å². The van der Waals surface area contributed by atoms with Crippen LogP contribution in [0.2, 0.25) is 0 Å². The van der Waals surface area contributed by atoms with E-state index in [1.54, 1.807) is 69.4 Å². The van der Waals surface area contributed by atoms with E-state index in [-0.39, 0.29) is 23.8 Å². The molecule has 0 spiro atoms. The molecule has 0 radical (unpaired) electrons. The van der Waals surface area contributed by atoms with E-state index in [1.807, 2.05) is 27.7 Å². The molecule has 0 aliphatic carbocycles. The number of nitrogens with one attached hydrogen (secondary N) is 2. The molecule has 0 fully saturated rings. The Bertz CT molecular complexity index is 1510. The number of nitrogens with zero attached hydrogens (tertiary/aromatic N) is 1. The molecule has 3 rings (SSSR count). The van der Waals surface area contributed by atoms with Gasteiger partial charge in [0.25, 0.3) is 5.91 Å². The molecule has 0 atom stereocenters. The number of carbonyl (C=O) groups excluding carboxylic acids is 2. The van der Waals surface area contributed by atoms with E-state index in [1.165, 1.54) is 4.57 Å². The molecule has 3 aromatic rings. The number of rotatable bonds is 5. The Balaban J connectivity index is 1.88. The molecule has 0 aliphatic rings. The van der Waals surface area contributed by atoms with Gasteiger partial charge in [-0.2, -0.15) is 0 Å². The number of sulfonamides is 1. The number of ether oxygens (including phenoxy) is 1. The fraction of sp³-hybridized carbons (Fsp3) is 0.379. The Morgan fingerprint density at radius 3 is 2.24 bits per heavy atom. The summed E-state index contributed by atoms with van der Waals surface area (Å²) in [6.07, 6.45) is 1.26. The third-order valence-electron chi connectivity index (χ3n) is 5.27. The van der Waals surface area contributed by atoms with E-state index in [9.17, 15) is 18.0 Å². The van der Waals surface area contributed by atoms with E-state index >= 15 is 0 Å². The second-order valence-corrected chi connectivity index (χ2v) is 12.8. The molecule has 1 aromatic heterocycles. The molecule has 0 aliphatic heterocycles. The number of benzene rings is 2. The highest BCUT2D eigenvalue weighted by Crippen LogP contribution is 2.25. The first kappa shape index (κ1) is 29.0. The molecule has 202 valence electrons. The summed E-state index contributed by atoms with van der Waals surface area (Å²) in [6.45, 7) is 13.0. The van der Waals surface area contributed by atoms with Gasteiger partial charge in [-0.1, -0.05) is 29.5 Å². The summed E-state index contributed by atoms with van der Waals surface area (Å²) in [7, 11) is -3.64. The third-order valence-corrected chi connectivity index (χ3v) is 6.75. The molecule has 0 saturated carbocycles. The summed E-state index contributed by atoms with van der Waals surface area (Å²) in [5, 5.41) is 3.52. The van der Waals surface area contributed by atoms with Gasteiger partial charge < -0.3 is 10.1 Å². The summed E-state index contributed by atoms with van der Waals surface area (Å²) in [5.41, 5.74) is 1.14. The number of hydrogen-bond acceptors (Lipinski definition) is 5. The standard InChI is InChI=1S/C29H35N3O5S/c1-20-11-14-22(15-12-20)38(35,36)30-18-9-8-10-21-13-16-24-23(25(21)26(33)31-28(2,3)4)17-19-32(24)27(34)37-29(5,6)7/h11-17,19,30H,9,18H2,1-7H3,(H,31,33). The van der Waals surface area contributed by atoms with Gasteiger partial charge >= 0.3 is 6.09 Å². The molecule has 38 heavy (non-hydrogen) atoms. The molecule has 0 unspecified atom stereocenters. The minimum Gasteiger partial charge on any atom is -0.443 e. The van der Waals surface area contributed by atoms with Gasteiger partial charge in [0.2, 0.25) is 10.0 Å². The van der Waals surface area contributed by atoms with Crippen molar-refractivity contribution >= 4 is 32.9 Å². The van der Waals surface area contributed by atoms with Crippen molar-refractivity contribution in [1.29, 1.82) is 0 Å². The Labute approximate surface area is 224 Å². The normalized spacial score (nSPS) is 12.1. The van der Waals surface area contributed by atoms with Gasteiger partial charge in [-0.3, -0.25) is 9.36 Å². The summed E-state index contributed by atoms with van der Waals surface area (Å²) in [5.74, 6) is 5.65. The highest BCUT2D eigenvalue weighted by atomic mass is 32.2. The number of amides is 1. The quantitative estimate of drug-likeness (QED) is 0.353. The van der Waals surface area contributed by atoms with Crippen LogP contribution in [0.15, 0.2) is 53.6 Å². The molecular weight excluding hydrogens is 502 g/mol. The highest BCUT2D eigenvalue weighted by molar-refractivity contribution is 7.89. The lowest BCUT2D eigenvalue weighted by atomic mass is 10.0. The van der Waals surface area contributed by atoms with Crippen LogP contribution in [0.5, 0.6) is 0 Å². The van der Waals surface area contributed by atoms with Crippen LogP contribution in [0.4, 0.5) is 4.79 Å². The number of carbonyl (C=O) groups is 2. The smallest absolute Gasteiger partial charge is 0.418 e. The molecule has 9 heteroatoms. The van der Waals surface area contributed by atoms with E-state index in [2.05, 4.69) is 21.9 Å². The molecule has 0 bridgehead atoms. The minimum absolute atomic E-state index is 0.115. The fourth-order valence-electron chi connectivity index (χ4n) is 3.65. The summed E-state index contributed by atoms with van der Waals surface area (Å²) < 4.78 is 34.4. The van der Waals surface area contributed by atoms with E-state index in [0.29, 0.717) is 22.0 Å². The molecule has 2 N–H and O–H groups in total. The first-order valence-electron chi connectivity index (χ1n) is 12.3. The molecule has 2 aromatic carbocycles. The average molecular weight is 538 g/mol. The maximum absolute atomic E-state index is 13.3. The van der Waals surface area contributed by atoms with Crippen molar-refractivity contribution in [1.82, 2.24) is 14.6 Å². The van der Waals surface area contributed by atoms with Crippen molar-refractivity contribution in [3.05, 3.63) is 65.4 Å². The molecular formula is C29H35N3O5S. The van der Waals surface area contributed by atoms with Gasteiger partial charge in [-0.05, 0) is 78.8 Å². The first-order valence-corrected chi connectivity index (χ1v) is 13.8. The molecule has 8 nitrogen and oxygen atoms in total. The van der Waals surface area contributed by atoms with Gasteiger partial charge in [0.05, 0.1) is 16.0 Å². The second-order valence-electron chi connectivity index (χ2n) is 11.1. The molecule has 1 amide bonds. The van der Waals surface area contributed by atoms with Gasteiger partial charge in [0, 0.05) is 35.7 Å². The number of aryl methyl sites for hydroxylation is 1. The Morgan fingerprint density at radius 1 is 0.974 bits per heavy atom. The van der Waals surface area contributed by atoms with Gasteiger partial charge in [-0.15, -0.1) is 0 Å². The Hall–Kier alpha value is -3.61. The van der Waals surface area contributed by atoms with Crippen LogP contribution in [0, 0.1) is 18.8 Å². The summed E-state index contributed by atoms with van der Waals surface area (Å²) in [6, 6.07) is 11.7. The predicted octanol–water partition coefficient (Wildman–Crippen LogP) is 4.98. The maximum Gasteiger partial charge on any atom is 0.418 e. The first-order chi connectivity index (χ1) is 17.6. The van der Waals surface area contributed by atoms with Gasteiger partial charge in [-0.25, -0.2) is 17.9 Å². The van der Waals surface area contributed by atoms with Crippen molar-refractivity contribution in [2.45, 2.75) is 70.9 Å². The minimum atomic E-state index is -3.64. The molecule has 1 heterocycles. The number of fused-ring (bicyclic) bond motifs is 1. The van der Waals surface area contributed by atoms with E-state index < -0.39 is 27.3 Å². The lowest BCUT2D eigenvalue weighted by Crippen LogP contribution is -2.41. The topological polar surface area (TPSA) is 106 Å².